The van der Waals surface area contributed by atoms with Crippen LogP contribution in [0.15, 0.2) is 24.3 Å². The number of hydrogen-bond acceptors (Lipinski definition) is 2. The highest BCUT2D eigenvalue weighted by molar-refractivity contribution is 7.16. The maximum Gasteiger partial charge on any atom is 0.126 e. The van der Waals surface area contributed by atoms with Crippen LogP contribution in [0.1, 0.15) is 47.0 Å². The van der Waals surface area contributed by atoms with Gasteiger partial charge in [-0.15, -0.1) is 11.3 Å². The molecule has 1 aliphatic carbocycles. The normalized spacial score (nSPS) is 19.1. The van der Waals surface area contributed by atoms with Crippen LogP contribution in [0.25, 0.3) is 0 Å². The summed E-state index contributed by atoms with van der Waals surface area (Å²) >= 11 is 7.75. The van der Waals surface area contributed by atoms with Crippen molar-refractivity contribution < 1.29 is 4.39 Å². The van der Waals surface area contributed by atoms with E-state index < -0.39 is 0 Å². The zero-order chi connectivity index (χ0) is 14.3. The average Bonchev–Trinajstić information content (AvgIpc) is 2.93. The third-order valence-corrected chi connectivity index (χ3v) is 5.33. The van der Waals surface area contributed by atoms with E-state index in [1.54, 1.807) is 24.3 Å². The van der Waals surface area contributed by atoms with Crippen molar-refractivity contribution >= 4 is 22.9 Å². The highest BCUT2D eigenvalue weighted by Gasteiger charge is 2.26. The molecular formula is C16H17ClFNS. The number of aryl methyl sites for hydroxylation is 2. The Morgan fingerprint density at radius 3 is 2.95 bits per heavy atom. The Hall–Kier alpha value is -0.900. The minimum atomic E-state index is -0.137. The van der Waals surface area contributed by atoms with Gasteiger partial charge in [-0.1, -0.05) is 23.7 Å². The SMILES string of the molecule is Cc1ccc(C(C)NC2CCc3sc(Cl)cc32)cc1F. The van der Waals surface area contributed by atoms with Gasteiger partial charge in [0.25, 0.3) is 0 Å². The van der Waals surface area contributed by atoms with Gasteiger partial charge < -0.3 is 5.32 Å². The van der Waals surface area contributed by atoms with E-state index in [0.717, 1.165) is 22.7 Å². The molecule has 1 aromatic heterocycles. The summed E-state index contributed by atoms with van der Waals surface area (Å²) in [6, 6.07) is 7.97. The smallest absolute Gasteiger partial charge is 0.126 e. The predicted molar refractivity (Wildman–Crippen MR) is 83.1 cm³/mol. The number of fused-ring (bicyclic) bond motifs is 1. The molecule has 0 saturated carbocycles. The first-order valence-electron chi connectivity index (χ1n) is 6.85. The van der Waals surface area contributed by atoms with Crippen LogP contribution in [0.4, 0.5) is 4.39 Å². The number of thiophene rings is 1. The van der Waals surface area contributed by atoms with Gasteiger partial charge in [0, 0.05) is 17.0 Å². The van der Waals surface area contributed by atoms with Crippen molar-refractivity contribution in [3.05, 3.63) is 56.0 Å². The fourth-order valence-corrected chi connectivity index (χ4v) is 4.14. The molecule has 1 aromatic carbocycles. The highest BCUT2D eigenvalue weighted by atomic mass is 35.5. The van der Waals surface area contributed by atoms with Crippen molar-refractivity contribution in [2.75, 3.05) is 0 Å². The number of benzene rings is 1. The van der Waals surface area contributed by atoms with Crippen LogP contribution in [-0.4, -0.2) is 0 Å². The molecule has 0 radical (unpaired) electrons. The summed E-state index contributed by atoms with van der Waals surface area (Å²) in [6.07, 6.45) is 2.18. The van der Waals surface area contributed by atoms with Gasteiger partial charge in [-0.3, -0.25) is 0 Å². The van der Waals surface area contributed by atoms with E-state index in [-0.39, 0.29) is 11.9 Å². The Morgan fingerprint density at radius 2 is 2.20 bits per heavy atom. The molecule has 106 valence electrons. The molecule has 0 aliphatic heterocycles. The zero-order valence-electron chi connectivity index (χ0n) is 11.5. The van der Waals surface area contributed by atoms with E-state index in [0.29, 0.717) is 11.6 Å². The molecule has 0 spiro atoms. The van der Waals surface area contributed by atoms with Crippen molar-refractivity contribution in [1.82, 2.24) is 5.32 Å². The predicted octanol–water partition coefficient (Wildman–Crippen LogP) is 5.19. The molecule has 1 nitrogen and oxygen atoms in total. The van der Waals surface area contributed by atoms with Gasteiger partial charge in [0.1, 0.15) is 5.82 Å². The number of halogens is 2. The number of hydrogen-bond donors (Lipinski definition) is 1. The summed E-state index contributed by atoms with van der Waals surface area (Å²) in [5.74, 6) is -0.137. The molecule has 2 atom stereocenters. The monoisotopic (exact) mass is 309 g/mol. The Labute approximate surface area is 127 Å². The first kappa shape index (κ1) is 14.1. The second-order valence-corrected chi connectivity index (χ2v) is 7.19. The third kappa shape index (κ3) is 2.62. The maximum absolute atomic E-state index is 13.7. The topological polar surface area (TPSA) is 12.0 Å². The second kappa shape index (κ2) is 5.47. The van der Waals surface area contributed by atoms with Gasteiger partial charge in [-0.25, -0.2) is 4.39 Å². The fourth-order valence-electron chi connectivity index (χ4n) is 2.78. The van der Waals surface area contributed by atoms with Gasteiger partial charge in [0.2, 0.25) is 0 Å². The van der Waals surface area contributed by atoms with Crippen LogP contribution in [0, 0.1) is 12.7 Å². The standard InChI is InChI=1S/C16H17ClFNS/c1-9-3-4-11(7-13(9)18)10(2)19-14-5-6-15-12(14)8-16(17)20-15/h3-4,7-8,10,14,19H,5-6H2,1-2H3. The van der Waals surface area contributed by atoms with E-state index in [4.69, 9.17) is 11.6 Å². The minimum absolute atomic E-state index is 0.125. The highest BCUT2D eigenvalue weighted by Crippen LogP contribution is 2.40. The Balaban J connectivity index is 1.76. The summed E-state index contributed by atoms with van der Waals surface area (Å²) in [4.78, 5) is 1.38. The van der Waals surface area contributed by atoms with Gasteiger partial charge in [-0.2, -0.15) is 0 Å². The molecular weight excluding hydrogens is 293 g/mol. The summed E-state index contributed by atoms with van der Waals surface area (Å²) < 4.78 is 14.5. The van der Waals surface area contributed by atoms with Crippen LogP contribution >= 0.6 is 22.9 Å². The Bertz CT molecular complexity index is 637. The largest absolute Gasteiger partial charge is 0.303 e. The maximum atomic E-state index is 13.7. The lowest BCUT2D eigenvalue weighted by atomic mass is 10.0. The lowest BCUT2D eigenvalue weighted by Crippen LogP contribution is -2.23. The molecule has 1 heterocycles. The van der Waals surface area contributed by atoms with E-state index in [9.17, 15) is 4.39 Å². The van der Waals surface area contributed by atoms with Gasteiger partial charge >= 0.3 is 0 Å². The molecule has 0 bridgehead atoms. The molecule has 0 amide bonds. The van der Waals surface area contributed by atoms with E-state index in [1.807, 2.05) is 12.1 Å². The Kier molecular flexibility index (Phi) is 3.85. The summed E-state index contributed by atoms with van der Waals surface area (Å²) in [6.45, 7) is 3.86. The molecule has 20 heavy (non-hydrogen) atoms. The van der Waals surface area contributed by atoms with Gasteiger partial charge in [0.05, 0.1) is 4.34 Å². The minimum Gasteiger partial charge on any atom is -0.303 e. The van der Waals surface area contributed by atoms with Crippen LogP contribution < -0.4 is 5.32 Å². The molecule has 2 aromatic rings. The van der Waals surface area contributed by atoms with Crippen LogP contribution in [0.5, 0.6) is 0 Å². The summed E-state index contributed by atoms with van der Waals surface area (Å²) in [5.41, 5.74) is 3.00. The average molecular weight is 310 g/mol. The molecule has 0 saturated heterocycles. The number of nitrogens with one attached hydrogen (secondary N) is 1. The van der Waals surface area contributed by atoms with Gasteiger partial charge in [0.15, 0.2) is 0 Å². The van der Waals surface area contributed by atoms with Crippen LogP contribution in [0.2, 0.25) is 4.34 Å². The number of rotatable bonds is 3. The van der Waals surface area contributed by atoms with E-state index in [1.165, 1.54) is 10.4 Å². The molecule has 4 heteroatoms. The lowest BCUT2D eigenvalue weighted by molar-refractivity contribution is 0.463. The fraction of sp³-hybridized carbons (Fsp3) is 0.375. The van der Waals surface area contributed by atoms with Crippen molar-refractivity contribution in [1.29, 1.82) is 0 Å². The molecule has 1 aliphatic rings. The molecule has 2 unspecified atom stereocenters. The van der Waals surface area contributed by atoms with Crippen molar-refractivity contribution in [2.45, 2.75) is 38.8 Å². The molecule has 3 rings (SSSR count). The summed E-state index contributed by atoms with van der Waals surface area (Å²) in [7, 11) is 0. The molecule has 1 N–H and O–H groups in total. The second-order valence-electron chi connectivity index (χ2n) is 5.42. The first-order valence-corrected chi connectivity index (χ1v) is 8.04. The Morgan fingerprint density at radius 1 is 1.40 bits per heavy atom. The van der Waals surface area contributed by atoms with Crippen molar-refractivity contribution in [3.63, 3.8) is 0 Å². The quantitative estimate of drug-likeness (QED) is 0.823. The van der Waals surface area contributed by atoms with Crippen molar-refractivity contribution in [2.24, 2.45) is 0 Å². The lowest BCUT2D eigenvalue weighted by Gasteiger charge is -2.20. The van der Waals surface area contributed by atoms with Gasteiger partial charge in [-0.05, 0) is 55.5 Å². The van der Waals surface area contributed by atoms with Crippen LogP contribution in [0.3, 0.4) is 0 Å². The third-order valence-electron chi connectivity index (χ3n) is 3.99. The van der Waals surface area contributed by atoms with Crippen LogP contribution in [-0.2, 0) is 6.42 Å². The van der Waals surface area contributed by atoms with Crippen molar-refractivity contribution in [3.8, 4) is 0 Å². The van der Waals surface area contributed by atoms with E-state index >= 15 is 0 Å². The summed E-state index contributed by atoms with van der Waals surface area (Å²) in [5, 5.41) is 3.59. The zero-order valence-corrected chi connectivity index (χ0v) is 13.1. The van der Waals surface area contributed by atoms with E-state index in [2.05, 4.69) is 18.3 Å². The first-order chi connectivity index (χ1) is 9.54. The molecule has 0 fully saturated rings.